The Kier molecular flexibility index (Phi) is 3.56. The van der Waals surface area contributed by atoms with Crippen LogP contribution in [0.15, 0.2) is 27.3 Å². The first kappa shape index (κ1) is 12.6. The number of fused-ring (bicyclic) bond motifs is 1. The normalized spacial score (nSPS) is 12.9. The third-order valence-electron chi connectivity index (χ3n) is 2.55. The fraction of sp³-hybridized carbons (Fsp3) is 0.182. The Morgan fingerprint density at radius 3 is 2.82 bits per heavy atom. The van der Waals surface area contributed by atoms with Crippen molar-refractivity contribution in [3.63, 3.8) is 0 Å². The van der Waals surface area contributed by atoms with Gasteiger partial charge in [-0.25, -0.2) is 0 Å². The summed E-state index contributed by atoms with van der Waals surface area (Å²) in [5.41, 5.74) is 7.38. The molecular formula is C11H10Br2N2O2. The predicted molar refractivity (Wildman–Crippen MR) is 73.0 cm³/mol. The number of carboxylic acid groups (broad SMARTS) is 1. The van der Waals surface area contributed by atoms with Gasteiger partial charge in [0.2, 0.25) is 0 Å². The molecule has 0 aliphatic heterocycles. The Labute approximate surface area is 114 Å². The van der Waals surface area contributed by atoms with Gasteiger partial charge in [-0.05, 0) is 33.6 Å². The maximum atomic E-state index is 10.7. The Balaban J connectivity index is 2.45. The van der Waals surface area contributed by atoms with E-state index >= 15 is 0 Å². The number of nitrogens with one attached hydrogen (secondary N) is 1. The van der Waals surface area contributed by atoms with E-state index in [9.17, 15) is 4.79 Å². The van der Waals surface area contributed by atoms with Gasteiger partial charge in [0.1, 0.15) is 6.04 Å². The number of hydrogen-bond acceptors (Lipinski definition) is 2. The maximum absolute atomic E-state index is 10.7. The van der Waals surface area contributed by atoms with Gasteiger partial charge in [0.05, 0.1) is 5.52 Å². The number of nitrogens with two attached hydrogens (primary N) is 1. The molecule has 2 rings (SSSR count). The van der Waals surface area contributed by atoms with Crippen molar-refractivity contribution < 1.29 is 9.90 Å². The van der Waals surface area contributed by atoms with E-state index in [1.54, 1.807) is 6.20 Å². The highest BCUT2D eigenvalue weighted by Gasteiger charge is 2.15. The van der Waals surface area contributed by atoms with Crippen LogP contribution in [0.4, 0.5) is 0 Å². The SMILES string of the molecule is N[C@H](Cc1c[nH]c2c(Br)cc(Br)cc12)C(=O)O. The average Bonchev–Trinajstić information content (AvgIpc) is 2.61. The van der Waals surface area contributed by atoms with Crippen molar-refractivity contribution in [3.05, 3.63) is 32.8 Å². The molecule has 1 atom stereocenters. The summed E-state index contributed by atoms with van der Waals surface area (Å²) in [6, 6.07) is 2.99. The van der Waals surface area contributed by atoms with Crippen molar-refractivity contribution in [2.24, 2.45) is 5.73 Å². The zero-order valence-corrected chi connectivity index (χ0v) is 11.9. The zero-order chi connectivity index (χ0) is 12.6. The largest absolute Gasteiger partial charge is 0.480 e. The second-order valence-corrected chi connectivity index (χ2v) is 5.54. The van der Waals surface area contributed by atoms with Gasteiger partial charge >= 0.3 is 5.97 Å². The van der Waals surface area contributed by atoms with Crippen LogP contribution >= 0.6 is 31.9 Å². The number of aromatic nitrogens is 1. The second kappa shape index (κ2) is 4.80. The van der Waals surface area contributed by atoms with Gasteiger partial charge in [0.15, 0.2) is 0 Å². The Bertz CT molecular complexity index is 580. The summed E-state index contributed by atoms with van der Waals surface area (Å²) < 4.78 is 1.86. The number of benzene rings is 1. The van der Waals surface area contributed by atoms with Crippen molar-refractivity contribution in [1.29, 1.82) is 0 Å². The Morgan fingerprint density at radius 2 is 2.18 bits per heavy atom. The van der Waals surface area contributed by atoms with E-state index in [4.69, 9.17) is 10.8 Å². The summed E-state index contributed by atoms with van der Waals surface area (Å²) in [6.07, 6.45) is 2.10. The average molecular weight is 362 g/mol. The molecular weight excluding hydrogens is 352 g/mol. The van der Waals surface area contributed by atoms with E-state index < -0.39 is 12.0 Å². The number of rotatable bonds is 3. The molecule has 1 aromatic heterocycles. The van der Waals surface area contributed by atoms with Crippen LogP contribution in [0.25, 0.3) is 10.9 Å². The molecule has 4 N–H and O–H groups in total. The second-order valence-electron chi connectivity index (χ2n) is 3.77. The number of carbonyl (C=O) groups is 1. The van der Waals surface area contributed by atoms with Crippen LogP contribution in [0.2, 0.25) is 0 Å². The van der Waals surface area contributed by atoms with E-state index in [2.05, 4.69) is 36.8 Å². The van der Waals surface area contributed by atoms with E-state index in [1.807, 2.05) is 12.1 Å². The number of aromatic amines is 1. The summed E-state index contributed by atoms with van der Waals surface area (Å²) >= 11 is 6.85. The summed E-state index contributed by atoms with van der Waals surface area (Å²) in [5, 5.41) is 9.78. The lowest BCUT2D eigenvalue weighted by atomic mass is 10.1. The zero-order valence-electron chi connectivity index (χ0n) is 8.71. The first-order chi connectivity index (χ1) is 7.99. The van der Waals surface area contributed by atoms with E-state index in [0.29, 0.717) is 6.42 Å². The molecule has 2 aromatic rings. The number of carboxylic acids is 1. The van der Waals surface area contributed by atoms with Gasteiger partial charge in [0.25, 0.3) is 0 Å². The van der Waals surface area contributed by atoms with Crippen molar-refractivity contribution >= 4 is 48.7 Å². The highest BCUT2D eigenvalue weighted by atomic mass is 79.9. The van der Waals surface area contributed by atoms with E-state index in [0.717, 1.165) is 25.4 Å². The lowest BCUT2D eigenvalue weighted by Gasteiger charge is -2.05. The molecule has 0 saturated heterocycles. The summed E-state index contributed by atoms with van der Waals surface area (Å²) in [6.45, 7) is 0. The quantitative estimate of drug-likeness (QED) is 0.786. The highest BCUT2D eigenvalue weighted by Crippen LogP contribution is 2.30. The van der Waals surface area contributed by atoms with Crippen LogP contribution in [0.5, 0.6) is 0 Å². The van der Waals surface area contributed by atoms with E-state index in [1.165, 1.54) is 0 Å². The van der Waals surface area contributed by atoms with Crippen molar-refractivity contribution in [1.82, 2.24) is 4.98 Å². The molecule has 1 aromatic carbocycles. The van der Waals surface area contributed by atoms with Gasteiger partial charge in [-0.1, -0.05) is 15.9 Å². The van der Waals surface area contributed by atoms with Crippen molar-refractivity contribution in [2.75, 3.05) is 0 Å². The molecule has 0 bridgehead atoms. The number of halogens is 2. The van der Waals surface area contributed by atoms with Crippen LogP contribution in [-0.2, 0) is 11.2 Å². The minimum atomic E-state index is -0.992. The highest BCUT2D eigenvalue weighted by molar-refractivity contribution is 9.11. The van der Waals surface area contributed by atoms with Crippen LogP contribution in [0, 0.1) is 0 Å². The van der Waals surface area contributed by atoms with Gasteiger partial charge in [0, 0.05) is 26.9 Å². The van der Waals surface area contributed by atoms with Gasteiger partial charge in [-0.3, -0.25) is 4.79 Å². The molecule has 0 spiro atoms. The predicted octanol–water partition coefficient (Wildman–Crippen LogP) is 2.65. The van der Waals surface area contributed by atoms with Crippen LogP contribution < -0.4 is 5.73 Å². The minimum Gasteiger partial charge on any atom is -0.480 e. The molecule has 0 fully saturated rings. The maximum Gasteiger partial charge on any atom is 0.320 e. The summed E-state index contributed by atoms with van der Waals surface area (Å²) in [5.74, 6) is -0.992. The number of aliphatic carboxylic acids is 1. The number of H-pyrrole nitrogens is 1. The smallest absolute Gasteiger partial charge is 0.320 e. The third-order valence-corrected chi connectivity index (χ3v) is 3.63. The van der Waals surface area contributed by atoms with Crippen LogP contribution in [0.3, 0.4) is 0 Å². The molecule has 1 heterocycles. The molecule has 0 aliphatic rings. The molecule has 17 heavy (non-hydrogen) atoms. The molecule has 90 valence electrons. The Hall–Kier alpha value is -0.850. The standard InChI is InChI=1S/C11H10Br2N2O2/c12-6-2-7-5(1-9(14)11(16)17)4-15-10(7)8(13)3-6/h2-4,9,15H,1,14H2,(H,16,17)/t9-/m1/s1. The van der Waals surface area contributed by atoms with E-state index in [-0.39, 0.29) is 0 Å². The third kappa shape index (κ3) is 2.53. The minimum absolute atomic E-state index is 0.304. The molecule has 0 unspecified atom stereocenters. The summed E-state index contributed by atoms with van der Waals surface area (Å²) in [7, 11) is 0. The fourth-order valence-corrected chi connectivity index (χ4v) is 3.04. The lowest BCUT2D eigenvalue weighted by molar-refractivity contribution is -0.138. The summed E-state index contributed by atoms with van der Waals surface area (Å²) in [4.78, 5) is 13.9. The van der Waals surface area contributed by atoms with Crippen LogP contribution in [-0.4, -0.2) is 22.1 Å². The Morgan fingerprint density at radius 1 is 1.47 bits per heavy atom. The molecule has 6 heteroatoms. The molecule has 0 aliphatic carbocycles. The van der Waals surface area contributed by atoms with Crippen molar-refractivity contribution in [3.8, 4) is 0 Å². The van der Waals surface area contributed by atoms with Gasteiger partial charge in [-0.2, -0.15) is 0 Å². The van der Waals surface area contributed by atoms with Crippen LogP contribution in [0.1, 0.15) is 5.56 Å². The fourth-order valence-electron chi connectivity index (χ4n) is 1.70. The molecule has 0 amide bonds. The van der Waals surface area contributed by atoms with Gasteiger partial charge in [-0.15, -0.1) is 0 Å². The lowest BCUT2D eigenvalue weighted by Crippen LogP contribution is -2.32. The first-order valence-electron chi connectivity index (χ1n) is 4.92. The first-order valence-corrected chi connectivity index (χ1v) is 6.51. The number of hydrogen-bond donors (Lipinski definition) is 3. The monoisotopic (exact) mass is 360 g/mol. The van der Waals surface area contributed by atoms with Crippen molar-refractivity contribution in [2.45, 2.75) is 12.5 Å². The topological polar surface area (TPSA) is 79.1 Å². The molecule has 4 nitrogen and oxygen atoms in total. The van der Waals surface area contributed by atoms with Gasteiger partial charge < -0.3 is 15.8 Å². The molecule has 0 saturated carbocycles. The molecule has 0 radical (unpaired) electrons.